The summed E-state index contributed by atoms with van der Waals surface area (Å²) in [5.74, 6) is 0.620. The lowest BCUT2D eigenvalue weighted by atomic mass is 9.93. The number of para-hydroxylation sites is 1. The Morgan fingerprint density at radius 3 is 2.52 bits per heavy atom. The summed E-state index contributed by atoms with van der Waals surface area (Å²) in [5.41, 5.74) is 8.12. The molecule has 3 aromatic carbocycles. The fourth-order valence-corrected chi connectivity index (χ4v) is 5.39. The van der Waals surface area contributed by atoms with Gasteiger partial charge in [0.25, 0.3) is 0 Å². The highest BCUT2D eigenvalue weighted by molar-refractivity contribution is 6.28. The molecule has 0 aliphatic rings. The lowest BCUT2D eigenvalue weighted by Crippen LogP contribution is -2.29. The summed E-state index contributed by atoms with van der Waals surface area (Å²) in [5, 5.41) is 6.88. The van der Waals surface area contributed by atoms with Crippen molar-refractivity contribution in [2.75, 3.05) is 0 Å². The van der Waals surface area contributed by atoms with E-state index in [4.69, 9.17) is 0 Å². The Morgan fingerprint density at radius 1 is 0.897 bits per heavy atom. The number of rotatable bonds is 2. The summed E-state index contributed by atoms with van der Waals surface area (Å²) in [6, 6.07) is 20.4. The van der Waals surface area contributed by atoms with E-state index in [1.165, 1.54) is 60.1 Å². The van der Waals surface area contributed by atoms with E-state index < -0.39 is 0 Å². The molecule has 2 heteroatoms. The topological polar surface area (TPSA) is 8.29 Å². The molecular weight excluding hydrogens is 352 g/mol. The zero-order valence-electron chi connectivity index (χ0n) is 17.5. The van der Waals surface area contributed by atoms with Gasteiger partial charge < -0.3 is 4.40 Å². The van der Waals surface area contributed by atoms with Crippen molar-refractivity contribution in [1.29, 1.82) is 0 Å². The summed E-state index contributed by atoms with van der Waals surface area (Å²) in [4.78, 5) is 0. The van der Waals surface area contributed by atoms with E-state index in [0.29, 0.717) is 5.92 Å². The SMILES string of the molecule is Cc1cccc2c1c1c3c(cc[n+]1C)cc(CC(C)C)c1c4ccccc4n2c13. The summed E-state index contributed by atoms with van der Waals surface area (Å²) >= 11 is 0. The zero-order chi connectivity index (χ0) is 19.9. The second kappa shape index (κ2) is 5.70. The molecule has 3 heterocycles. The van der Waals surface area contributed by atoms with E-state index in [1.807, 2.05) is 0 Å². The molecule has 2 nitrogen and oxygen atoms in total. The lowest BCUT2D eigenvalue weighted by molar-refractivity contribution is -0.643. The van der Waals surface area contributed by atoms with Crippen LogP contribution in [0.25, 0.3) is 49.0 Å². The van der Waals surface area contributed by atoms with Gasteiger partial charge in [-0.2, -0.15) is 0 Å². The van der Waals surface area contributed by atoms with Gasteiger partial charge in [-0.15, -0.1) is 0 Å². The summed E-state index contributed by atoms with van der Waals surface area (Å²) in [6.45, 7) is 6.87. The second-order valence-electron chi connectivity index (χ2n) is 8.92. The van der Waals surface area contributed by atoms with Gasteiger partial charge in [0.05, 0.1) is 27.3 Å². The van der Waals surface area contributed by atoms with E-state index in [2.05, 4.69) is 97.6 Å². The third kappa shape index (κ3) is 2.09. The van der Waals surface area contributed by atoms with Crippen LogP contribution in [-0.4, -0.2) is 4.40 Å². The van der Waals surface area contributed by atoms with Gasteiger partial charge in [-0.3, -0.25) is 0 Å². The van der Waals surface area contributed by atoms with Crippen LogP contribution in [0.3, 0.4) is 0 Å². The molecule has 0 amide bonds. The van der Waals surface area contributed by atoms with Crippen molar-refractivity contribution in [2.45, 2.75) is 27.2 Å². The second-order valence-corrected chi connectivity index (χ2v) is 8.92. The lowest BCUT2D eigenvalue weighted by Gasteiger charge is -2.15. The first-order valence-electron chi connectivity index (χ1n) is 10.5. The Labute approximate surface area is 170 Å². The minimum Gasteiger partial charge on any atom is -0.307 e. The van der Waals surface area contributed by atoms with Crippen molar-refractivity contribution in [1.82, 2.24) is 4.40 Å². The van der Waals surface area contributed by atoms with Crippen molar-refractivity contribution in [2.24, 2.45) is 13.0 Å². The minimum atomic E-state index is 0.620. The molecular formula is C27H25N2+. The van der Waals surface area contributed by atoms with Crippen LogP contribution in [0.1, 0.15) is 25.0 Å². The number of fused-ring (bicyclic) bond motifs is 6. The maximum atomic E-state index is 2.52. The van der Waals surface area contributed by atoms with Crippen molar-refractivity contribution in [3.8, 4) is 0 Å². The first-order valence-corrected chi connectivity index (χ1v) is 10.5. The molecule has 0 aliphatic heterocycles. The van der Waals surface area contributed by atoms with Crippen LogP contribution in [0.4, 0.5) is 0 Å². The molecule has 0 saturated carbocycles. The summed E-state index contributed by atoms with van der Waals surface area (Å²) in [7, 11) is 2.18. The van der Waals surface area contributed by atoms with Crippen molar-refractivity contribution < 1.29 is 4.57 Å². The van der Waals surface area contributed by atoms with Crippen LogP contribution in [0.2, 0.25) is 0 Å². The molecule has 6 aromatic rings. The first-order chi connectivity index (χ1) is 14.1. The van der Waals surface area contributed by atoms with Gasteiger partial charge >= 0.3 is 0 Å². The van der Waals surface area contributed by atoms with E-state index >= 15 is 0 Å². The third-order valence-corrected chi connectivity index (χ3v) is 6.47. The van der Waals surface area contributed by atoms with Gasteiger partial charge in [-0.1, -0.05) is 44.2 Å². The number of pyridine rings is 2. The number of aryl methyl sites for hydroxylation is 2. The summed E-state index contributed by atoms with van der Waals surface area (Å²) < 4.78 is 4.82. The monoisotopic (exact) mass is 377 g/mol. The number of nitrogens with zero attached hydrogens (tertiary/aromatic N) is 2. The number of hydrogen-bond acceptors (Lipinski definition) is 0. The molecule has 29 heavy (non-hydrogen) atoms. The molecule has 0 aliphatic carbocycles. The van der Waals surface area contributed by atoms with Crippen LogP contribution in [0.5, 0.6) is 0 Å². The molecule has 6 rings (SSSR count). The largest absolute Gasteiger partial charge is 0.307 e. The predicted molar refractivity (Wildman–Crippen MR) is 123 cm³/mol. The Morgan fingerprint density at radius 2 is 1.69 bits per heavy atom. The Balaban J connectivity index is 2.06. The quantitative estimate of drug-likeness (QED) is 0.190. The zero-order valence-corrected chi connectivity index (χ0v) is 17.5. The maximum Gasteiger partial charge on any atom is 0.224 e. The molecule has 3 aromatic heterocycles. The molecule has 0 saturated heterocycles. The number of benzene rings is 3. The van der Waals surface area contributed by atoms with Gasteiger partial charge in [0, 0.05) is 16.8 Å². The molecule has 0 N–H and O–H groups in total. The van der Waals surface area contributed by atoms with Crippen molar-refractivity contribution in [3.63, 3.8) is 0 Å². The standard InChI is InChI=1S/C27H25N2/c1-16(2)14-19-15-18-12-13-28(4)26-23-17(3)8-7-11-22(23)29-21-10-6-5-9-20(21)24(19)27(29)25(18)26/h5-13,15-16H,14H2,1-4H3/q+1. The van der Waals surface area contributed by atoms with E-state index in [1.54, 1.807) is 0 Å². The Bertz CT molecular complexity index is 1570. The van der Waals surface area contributed by atoms with Gasteiger partial charge in [-0.25, -0.2) is 4.57 Å². The predicted octanol–water partition coefficient (Wildman–Crippen LogP) is 6.32. The smallest absolute Gasteiger partial charge is 0.224 e. The normalized spacial score (nSPS) is 12.6. The summed E-state index contributed by atoms with van der Waals surface area (Å²) in [6.07, 6.45) is 3.31. The van der Waals surface area contributed by atoms with Gasteiger partial charge in [0.2, 0.25) is 5.52 Å². The first kappa shape index (κ1) is 16.8. The molecule has 0 atom stereocenters. The maximum absolute atomic E-state index is 2.52. The van der Waals surface area contributed by atoms with Gasteiger partial charge in [-0.05, 0) is 54.0 Å². The van der Waals surface area contributed by atoms with E-state index in [-0.39, 0.29) is 0 Å². The van der Waals surface area contributed by atoms with E-state index in [9.17, 15) is 0 Å². The third-order valence-electron chi connectivity index (χ3n) is 6.47. The average molecular weight is 378 g/mol. The van der Waals surface area contributed by atoms with Crippen LogP contribution in [0, 0.1) is 12.8 Å². The fraction of sp³-hybridized carbons (Fsp3) is 0.222. The highest BCUT2D eigenvalue weighted by Gasteiger charge is 2.25. The molecule has 0 bridgehead atoms. The number of hydrogen-bond donors (Lipinski definition) is 0. The van der Waals surface area contributed by atoms with Gasteiger partial charge in [0.15, 0.2) is 6.20 Å². The van der Waals surface area contributed by atoms with Gasteiger partial charge in [0.1, 0.15) is 7.05 Å². The van der Waals surface area contributed by atoms with Crippen LogP contribution < -0.4 is 4.57 Å². The van der Waals surface area contributed by atoms with Crippen LogP contribution in [-0.2, 0) is 13.5 Å². The minimum absolute atomic E-state index is 0.620. The highest BCUT2D eigenvalue weighted by Crippen LogP contribution is 2.42. The van der Waals surface area contributed by atoms with Crippen molar-refractivity contribution in [3.05, 3.63) is 71.9 Å². The van der Waals surface area contributed by atoms with E-state index in [0.717, 1.165) is 6.42 Å². The molecule has 0 unspecified atom stereocenters. The Kier molecular flexibility index (Phi) is 3.30. The Hall–Kier alpha value is -3.13. The van der Waals surface area contributed by atoms with Crippen LogP contribution >= 0.6 is 0 Å². The fourth-order valence-electron chi connectivity index (χ4n) is 5.39. The van der Waals surface area contributed by atoms with Crippen LogP contribution in [0.15, 0.2) is 60.8 Å². The molecule has 0 fully saturated rings. The molecule has 0 spiro atoms. The van der Waals surface area contributed by atoms with Crippen molar-refractivity contribution >= 4 is 49.0 Å². The highest BCUT2D eigenvalue weighted by atomic mass is 15.0. The molecule has 142 valence electrons. The average Bonchev–Trinajstić information content (AvgIpc) is 3.05. The molecule has 0 radical (unpaired) electrons. The number of aromatic nitrogens is 2.